The number of carboxylic acid groups (broad SMARTS) is 1. The normalized spacial score (nSPS) is 27.3. The smallest absolute Gasteiger partial charge is 0.350 e. The number of nitrogens with zero attached hydrogens (tertiary/aromatic N) is 3. The molecule has 0 aromatic carbocycles. The van der Waals surface area contributed by atoms with Crippen LogP contribution in [-0.2, 0) is 23.9 Å². The van der Waals surface area contributed by atoms with E-state index in [1.165, 1.54) is 90.6 Å². The number of aliphatic hydroxyl groups is 1. The second kappa shape index (κ2) is 34.0. The molecule has 0 saturated heterocycles. The van der Waals surface area contributed by atoms with E-state index in [1.54, 1.807) is 0 Å². The predicted molar refractivity (Wildman–Crippen MR) is 380 cm³/mol. The summed E-state index contributed by atoms with van der Waals surface area (Å²) in [6, 6.07) is 6.38. The van der Waals surface area contributed by atoms with E-state index in [-0.39, 0.29) is 71.6 Å². The van der Waals surface area contributed by atoms with E-state index in [0.29, 0.717) is 50.9 Å². The number of hydrogen-bond acceptors (Lipinski definition) is 12. The highest BCUT2D eigenvalue weighted by atomic mass is 32.1. The molecule has 9 aliphatic rings. The van der Waals surface area contributed by atoms with E-state index in [2.05, 4.69) is 75.4 Å². The Labute approximate surface area is 566 Å². The number of methoxy groups -OCH3 is 2. The molecule has 93 heavy (non-hydrogen) atoms. The van der Waals surface area contributed by atoms with Crippen molar-refractivity contribution in [1.82, 2.24) is 0 Å². The first-order valence-electron chi connectivity index (χ1n) is 36.0. The summed E-state index contributed by atoms with van der Waals surface area (Å²) in [5.41, 5.74) is 6.00. The SMILES string of the molecule is CC1CCC(C(=O)N(c2cc(C3=CCCCC3)sc2C(=O)O)C2CC=CCC2)CC1.COC(=O)c1sc(C2=CCCCC2)cc1N(C(=O)C1CCC(C)CC1)C1CC=CCC1.COC(=O)c1sc(C2=CCCCC2)cc1N(C(=O)C1CCC(C)CC1)C1CCC(O)CC1. The number of carboxylic acids is 1. The van der Waals surface area contributed by atoms with E-state index in [4.69, 9.17) is 9.47 Å². The molecule has 3 heterocycles. The number of carbonyl (C=O) groups excluding carboxylic acids is 5. The lowest BCUT2D eigenvalue weighted by atomic mass is 9.81. The van der Waals surface area contributed by atoms with Crippen LogP contribution < -0.4 is 14.7 Å². The molecule has 2 N–H and O–H groups in total. The molecule has 3 aromatic rings. The lowest BCUT2D eigenvalue weighted by Crippen LogP contribution is -2.47. The van der Waals surface area contributed by atoms with Gasteiger partial charge in [-0.15, -0.1) is 34.0 Å². The molecule has 0 bridgehead atoms. The van der Waals surface area contributed by atoms with E-state index in [0.717, 1.165) is 206 Å². The van der Waals surface area contributed by atoms with Gasteiger partial charge in [0.05, 0.1) is 37.4 Å². The van der Waals surface area contributed by atoms with Crippen molar-refractivity contribution in [3.8, 4) is 0 Å². The second-order valence-electron chi connectivity index (χ2n) is 28.5. The lowest BCUT2D eigenvalue weighted by molar-refractivity contribution is -0.125. The largest absolute Gasteiger partial charge is 0.477 e. The minimum atomic E-state index is -0.918. The standard InChI is InChI=1S/C26H37NO4S.C26H35NO3S.C25H33NO3S/c1-17-8-10-19(11-9-17)25(29)27(20-12-14-21(28)15-13-20)22-16-23(18-6-4-3-5-7-18)32-24(22)26(30)31-2;1-18-13-15-20(16-14-18)25(28)27(21-11-7-4-8-12-21)22-17-23(19-9-5-3-6-10-19)31-24(22)26(29)30-2;1-17-12-14-19(15-13-17)24(27)26(20-10-6-3-7-11-20)21-16-22(30-23(21)25(28)29)18-8-4-2-5-9-18/h6,16-17,19-21,28H,3-5,7-15H2,1-2H3;4,7,9,17-18,20-21H,3,5-6,8,10-16H2,1-2H3;3,6,8,16-17,19-20H,2,4-5,7,9-15H2,1H3,(H,28,29). The zero-order valence-corrected chi connectivity index (χ0v) is 58.8. The molecule has 4 saturated carbocycles. The summed E-state index contributed by atoms with van der Waals surface area (Å²) in [6.07, 6.45) is 49.2. The molecule has 0 radical (unpaired) electrons. The van der Waals surface area contributed by atoms with Gasteiger partial charge in [0, 0.05) is 50.5 Å². The van der Waals surface area contributed by atoms with Gasteiger partial charge in [-0.1, -0.05) is 63.3 Å². The Morgan fingerprint density at radius 1 is 0.409 bits per heavy atom. The van der Waals surface area contributed by atoms with Crippen LogP contribution in [-0.4, -0.2) is 84.3 Å². The topological polar surface area (TPSA) is 171 Å². The fourth-order valence-corrected chi connectivity index (χ4v) is 19.2. The molecule has 0 aliphatic heterocycles. The van der Waals surface area contributed by atoms with Crippen molar-refractivity contribution >= 4 is 103 Å². The number of carbonyl (C=O) groups is 6. The second-order valence-corrected chi connectivity index (χ2v) is 31.7. The Kier molecular flexibility index (Phi) is 25.7. The van der Waals surface area contributed by atoms with Crippen LogP contribution in [0, 0.1) is 35.5 Å². The molecule has 4 fully saturated rings. The van der Waals surface area contributed by atoms with Crippen molar-refractivity contribution in [1.29, 1.82) is 0 Å². The number of amides is 3. The number of aromatic carboxylic acids is 1. The zero-order valence-electron chi connectivity index (χ0n) is 56.3. The van der Waals surface area contributed by atoms with Gasteiger partial charge in [0.2, 0.25) is 17.7 Å². The molecule has 3 aromatic heterocycles. The van der Waals surface area contributed by atoms with Crippen LogP contribution in [0.5, 0.6) is 0 Å². The van der Waals surface area contributed by atoms with Gasteiger partial charge in [0.25, 0.3) is 0 Å². The van der Waals surface area contributed by atoms with E-state index >= 15 is 0 Å². The summed E-state index contributed by atoms with van der Waals surface area (Å²) in [5, 5.41) is 20.1. The lowest BCUT2D eigenvalue weighted by Gasteiger charge is -2.38. The van der Waals surface area contributed by atoms with Crippen LogP contribution in [0.4, 0.5) is 17.1 Å². The number of rotatable bonds is 15. The zero-order chi connectivity index (χ0) is 65.5. The summed E-state index contributed by atoms with van der Waals surface area (Å²) < 4.78 is 10.3. The Hall–Kier alpha value is -5.42. The molecule has 16 heteroatoms. The number of hydrogen-bond donors (Lipinski definition) is 2. The van der Waals surface area contributed by atoms with Crippen molar-refractivity contribution in [2.24, 2.45) is 35.5 Å². The Morgan fingerprint density at radius 3 is 1.04 bits per heavy atom. The number of aliphatic hydroxyl groups excluding tert-OH is 1. The maximum atomic E-state index is 13.9. The first-order chi connectivity index (χ1) is 45.1. The highest BCUT2D eigenvalue weighted by Crippen LogP contribution is 2.46. The summed E-state index contributed by atoms with van der Waals surface area (Å²) in [4.78, 5) is 89.9. The molecule has 12 rings (SSSR count). The Morgan fingerprint density at radius 2 is 0.742 bits per heavy atom. The molecule has 3 amide bonds. The number of ether oxygens (including phenoxy) is 2. The quantitative estimate of drug-likeness (QED) is 0.110. The van der Waals surface area contributed by atoms with Gasteiger partial charge >= 0.3 is 17.9 Å². The molecular formula is C77H105N3O10S3. The number of esters is 2. The maximum absolute atomic E-state index is 13.9. The number of anilines is 3. The van der Waals surface area contributed by atoms with Crippen molar-refractivity contribution < 1.29 is 48.5 Å². The van der Waals surface area contributed by atoms with Gasteiger partial charge in [-0.05, 0) is 271 Å². The minimum Gasteiger partial charge on any atom is -0.477 e. The van der Waals surface area contributed by atoms with E-state index < -0.39 is 5.97 Å². The van der Waals surface area contributed by atoms with Gasteiger partial charge in [-0.2, -0.15) is 0 Å². The highest BCUT2D eigenvalue weighted by molar-refractivity contribution is 7.16. The molecule has 2 unspecified atom stereocenters. The first-order valence-corrected chi connectivity index (χ1v) is 38.4. The highest BCUT2D eigenvalue weighted by Gasteiger charge is 2.41. The van der Waals surface area contributed by atoms with Gasteiger partial charge in [0.15, 0.2) is 0 Å². The maximum Gasteiger partial charge on any atom is 0.350 e. The average molecular weight is 1330 g/mol. The fourth-order valence-electron chi connectivity index (χ4n) is 15.9. The molecular weight excluding hydrogens is 1220 g/mol. The first kappa shape index (κ1) is 70.4. The van der Waals surface area contributed by atoms with Gasteiger partial charge in [-0.3, -0.25) is 14.4 Å². The predicted octanol–water partition coefficient (Wildman–Crippen LogP) is 19.4. The summed E-state index contributed by atoms with van der Waals surface area (Å²) in [7, 11) is 2.85. The average Bonchev–Trinajstić information content (AvgIpc) is 1.70. The van der Waals surface area contributed by atoms with Gasteiger partial charge in [-0.25, -0.2) is 14.4 Å². The Balaban J connectivity index is 0.000000153. The number of thiophene rings is 3. The van der Waals surface area contributed by atoms with Crippen molar-refractivity contribution in [2.45, 2.75) is 263 Å². The molecule has 0 spiro atoms. The summed E-state index contributed by atoms with van der Waals surface area (Å²) in [6.45, 7) is 6.80. The van der Waals surface area contributed by atoms with Crippen LogP contribution in [0.1, 0.15) is 283 Å². The van der Waals surface area contributed by atoms with Gasteiger partial charge in [0.1, 0.15) is 14.6 Å². The third kappa shape index (κ3) is 17.8. The molecule has 2 atom stereocenters. The fraction of sp³-hybridized carbons (Fsp3) is 0.636. The number of allylic oxidation sites excluding steroid dienone is 8. The molecule has 13 nitrogen and oxygen atoms in total. The van der Waals surface area contributed by atoms with Crippen LogP contribution in [0.2, 0.25) is 0 Å². The van der Waals surface area contributed by atoms with Crippen molar-refractivity contribution in [2.75, 3.05) is 28.9 Å². The third-order valence-electron chi connectivity index (χ3n) is 21.7. The third-order valence-corrected chi connectivity index (χ3v) is 25.3. The van der Waals surface area contributed by atoms with Crippen molar-refractivity contribution in [3.05, 3.63) is 90.0 Å². The monoisotopic (exact) mass is 1330 g/mol. The molecule has 506 valence electrons. The van der Waals surface area contributed by atoms with Crippen LogP contribution in [0.3, 0.4) is 0 Å². The van der Waals surface area contributed by atoms with Crippen LogP contribution in [0.25, 0.3) is 16.7 Å². The van der Waals surface area contributed by atoms with Crippen LogP contribution in [0.15, 0.2) is 60.7 Å². The van der Waals surface area contributed by atoms with Crippen LogP contribution >= 0.6 is 34.0 Å². The Bertz CT molecular complexity index is 3220. The minimum absolute atomic E-state index is 0.0146. The van der Waals surface area contributed by atoms with E-state index in [1.807, 2.05) is 20.8 Å². The van der Waals surface area contributed by atoms with E-state index in [9.17, 15) is 39.0 Å². The summed E-state index contributed by atoms with van der Waals surface area (Å²) >= 11 is 4.32. The van der Waals surface area contributed by atoms with Crippen molar-refractivity contribution in [3.63, 3.8) is 0 Å². The summed E-state index contributed by atoms with van der Waals surface area (Å²) in [5.74, 6) is 1.05. The van der Waals surface area contributed by atoms with Gasteiger partial charge < -0.3 is 34.4 Å². The molecule has 9 aliphatic carbocycles.